The lowest BCUT2D eigenvalue weighted by Crippen LogP contribution is -2.51. The van der Waals surface area contributed by atoms with Gasteiger partial charge in [0.1, 0.15) is 11.8 Å². The minimum atomic E-state index is -0.746. The second-order valence-electron chi connectivity index (χ2n) is 9.97. The number of anilines is 1. The van der Waals surface area contributed by atoms with E-state index in [9.17, 15) is 9.59 Å². The summed E-state index contributed by atoms with van der Waals surface area (Å²) in [5.41, 5.74) is 7.67. The van der Waals surface area contributed by atoms with Gasteiger partial charge in [0.15, 0.2) is 0 Å². The number of methoxy groups -OCH3 is 1. The van der Waals surface area contributed by atoms with Crippen LogP contribution in [0, 0.1) is 6.92 Å². The Kier molecular flexibility index (Phi) is 8.75. The largest absolute Gasteiger partial charge is 0.497 e. The molecule has 1 atom stereocenters. The summed E-state index contributed by atoms with van der Waals surface area (Å²) in [6.45, 7) is 10.8. The lowest BCUT2D eigenvalue weighted by atomic mass is 9.86. The molecule has 36 heavy (non-hydrogen) atoms. The van der Waals surface area contributed by atoms with E-state index < -0.39 is 6.04 Å². The topological polar surface area (TPSA) is 70.7 Å². The van der Waals surface area contributed by atoms with Crippen molar-refractivity contribution in [3.05, 3.63) is 95.1 Å². The molecule has 3 rings (SSSR count). The highest BCUT2D eigenvalue weighted by Crippen LogP contribution is 2.23. The summed E-state index contributed by atoms with van der Waals surface area (Å²) in [6.07, 6.45) is 0.377. The number of nitrogens with zero attached hydrogens (tertiary/aromatic N) is 1. The number of rotatable bonds is 9. The number of hydrogen-bond donors (Lipinski definition) is 2. The molecule has 0 saturated heterocycles. The molecule has 3 aromatic carbocycles. The Morgan fingerprint density at radius 2 is 1.64 bits per heavy atom. The van der Waals surface area contributed by atoms with Crippen molar-refractivity contribution >= 4 is 17.5 Å². The maximum Gasteiger partial charge on any atom is 0.263 e. The average molecular weight is 488 g/mol. The van der Waals surface area contributed by atoms with Crippen molar-refractivity contribution in [3.63, 3.8) is 0 Å². The van der Waals surface area contributed by atoms with Gasteiger partial charge in [-0.3, -0.25) is 20.0 Å². The van der Waals surface area contributed by atoms with Crippen LogP contribution in [0.5, 0.6) is 5.75 Å². The Morgan fingerprint density at radius 1 is 0.972 bits per heavy atom. The lowest BCUT2D eigenvalue weighted by molar-refractivity contribution is -0.131. The number of benzene rings is 3. The highest BCUT2D eigenvalue weighted by Gasteiger charge is 2.27. The summed E-state index contributed by atoms with van der Waals surface area (Å²) < 4.78 is 5.22. The Hall–Kier alpha value is -3.80. The van der Waals surface area contributed by atoms with Crippen molar-refractivity contribution < 1.29 is 14.3 Å². The molecule has 0 fully saturated rings. The molecular weight excluding hydrogens is 450 g/mol. The van der Waals surface area contributed by atoms with Crippen LogP contribution in [0.25, 0.3) is 0 Å². The first kappa shape index (κ1) is 26.8. The van der Waals surface area contributed by atoms with Gasteiger partial charge in [-0.2, -0.15) is 0 Å². The van der Waals surface area contributed by atoms with E-state index in [0.717, 1.165) is 22.6 Å². The van der Waals surface area contributed by atoms with Gasteiger partial charge in [0.2, 0.25) is 0 Å². The number of amides is 2. The zero-order chi connectivity index (χ0) is 26.3. The van der Waals surface area contributed by atoms with Crippen molar-refractivity contribution in [1.82, 2.24) is 10.3 Å². The number of carbonyl (C=O) groups excluding carboxylic acids is 2. The zero-order valence-electron chi connectivity index (χ0n) is 22.1. The second kappa shape index (κ2) is 11.8. The molecule has 0 bridgehead atoms. The Labute approximate surface area is 214 Å². The minimum absolute atomic E-state index is 0.0361. The van der Waals surface area contributed by atoms with Crippen LogP contribution in [0.15, 0.2) is 72.8 Å². The third-order valence-corrected chi connectivity index (χ3v) is 6.08. The fraction of sp³-hybridized carbons (Fsp3) is 0.333. The van der Waals surface area contributed by atoms with Gasteiger partial charge in [-0.1, -0.05) is 62.7 Å². The SMILES string of the molecule is CCN(Nc1ccc(OC)cc1)C(=O)C(Cc1ccc(C(C)(C)C)cc1)NC(=O)c1cccc(C)c1. The Bertz CT molecular complexity index is 1170. The first-order chi connectivity index (χ1) is 17.1. The molecule has 2 amide bonds. The van der Waals surface area contributed by atoms with Gasteiger partial charge in [0.05, 0.1) is 12.8 Å². The summed E-state index contributed by atoms with van der Waals surface area (Å²) in [5.74, 6) is 0.245. The van der Waals surface area contributed by atoms with E-state index in [-0.39, 0.29) is 17.2 Å². The molecule has 1 unspecified atom stereocenters. The summed E-state index contributed by atoms with van der Waals surface area (Å²) in [6, 6.07) is 22.2. The first-order valence-electron chi connectivity index (χ1n) is 12.3. The van der Waals surface area contributed by atoms with Crippen LogP contribution in [0.4, 0.5) is 5.69 Å². The molecule has 2 N–H and O–H groups in total. The van der Waals surface area contributed by atoms with Crippen LogP contribution in [0.3, 0.4) is 0 Å². The molecule has 0 aromatic heterocycles. The number of ether oxygens (including phenoxy) is 1. The van der Waals surface area contributed by atoms with E-state index in [1.54, 1.807) is 13.2 Å². The van der Waals surface area contributed by atoms with E-state index in [1.165, 1.54) is 10.6 Å². The van der Waals surface area contributed by atoms with Gasteiger partial charge in [-0.25, -0.2) is 0 Å². The quantitative estimate of drug-likeness (QED) is 0.390. The second-order valence-corrected chi connectivity index (χ2v) is 9.97. The van der Waals surface area contributed by atoms with Gasteiger partial charge in [-0.15, -0.1) is 0 Å². The van der Waals surface area contributed by atoms with Crippen molar-refractivity contribution in [2.24, 2.45) is 0 Å². The highest BCUT2D eigenvalue weighted by atomic mass is 16.5. The fourth-order valence-electron chi connectivity index (χ4n) is 3.90. The molecule has 190 valence electrons. The third kappa shape index (κ3) is 7.11. The van der Waals surface area contributed by atoms with Crippen LogP contribution in [-0.4, -0.2) is 36.5 Å². The number of carbonyl (C=O) groups is 2. The van der Waals surface area contributed by atoms with E-state index in [0.29, 0.717) is 18.5 Å². The molecule has 0 saturated carbocycles. The maximum absolute atomic E-state index is 13.7. The molecule has 0 radical (unpaired) electrons. The number of likely N-dealkylation sites (N-methyl/N-ethyl adjacent to an activating group) is 1. The number of hydrogen-bond acceptors (Lipinski definition) is 4. The van der Waals surface area contributed by atoms with Crippen molar-refractivity contribution in [3.8, 4) is 5.75 Å². The van der Waals surface area contributed by atoms with Gasteiger partial charge >= 0.3 is 0 Å². The monoisotopic (exact) mass is 487 g/mol. The molecule has 0 heterocycles. The van der Waals surface area contributed by atoms with Gasteiger partial charge in [0.25, 0.3) is 11.8 Å². The maximum atomic E-state index is 13.7. The predicted molar refractivity (Wildman–Crippen MR) is 145 cm³/mol. The van der Waals surface area contributed by atoms with Crippen LogP contribution in [0.2, 0.25) is 0 Å². The van der Waals surface area contributed by atoms with Crippen LogP contribution < -0.4 is 15.5 Å². The highest BCUT2D eigenvalue weighted by molar-refractivity contribution is 5.98. The van der Waals surface area contributed by atoms with E-state index in [1.807, 2.05) is 68.4 Å². The van der Waals surface area contributed by atoms with Gasteiger partial charge < -0.3 is 10.1 Å². The number of aryl methyl sites for hydroxylation is 1. The van der Waals surface area contributed by atoms with Crippen LogP contribution >= 0.6 is 0 Å². The minimum Gasteiger partial charge on any atom is -0.497 e. The average Bonchev–Trinajstić information content (AvgIpc) is 2.86. The number of nitrogens with one attached hydrogen (secondary N) is 2. The molecular formula is C30H37N3O3. The van der Waals surface area contributed by atoms with Gasteiger partial charge in [0, 0.05) is 18.5 Å². The summed E-state index contributed by atoms with van der Waals surface area (Å²) in [4.78, 5) is 26.8. The van der Waals surface area contributed by atoms with Crippen molar-refractivity contribution in [2.45, 2.75) is 52.5 Å². The normalized spacial score (nSPS) is 11.9. The molecule has 0 spiro atoms. The number of hydrazine groups is 1. The Morgan fingerprint density at radius 3 is 2.19 bits per heavy atom. The van der Waals surface area contributed by atoms with E-state index >= 15 is 0 Å². The molecule has 6 heteroatoms. The zero-order valence-corrected chi connectivity index (χ0v) is 22.1. The summed E-state index contributed by atoms with van der Waals surface area (Å²) in [7, 11) is 1.61. The summed E-state index contributed by atoms with van der Waals surface area (Å²) >= 11 is 0. The van der Waals surface area contributed by atoms with E-state index in [2.05, 4.69) is 43.6 Å². The standard InChI is InChI=1S/C30H37N3O3/c1-7-33(32-25-15-17-26(36-6)18-16-25)29(35)27(31-28(34)23-10-8-9-21(2)19-23)20-22-11-13-24(14-12-22)30(3,4)5/h8-19,27,32H,7,20H2,1-6H3,(H,31,34). The molecule has 0 aliphatic rings. The van der Waals surface area contributed by atoms with Crippen LogP contribution in [-0.2, 0) is 16.6 Å². The van der Waals surface area contributed by atoms with Crippen molar-refractivity contribution in [1.29, 1.82) is 0 Å². The van der Waals surface area contributed by atoms with E-state index in [4.69, 9.17) is 4.74 Å². The van der Waals surface area contributed by atoms with Crippen LogP contribution in [0.1, 0.15) is 54.7 Å². The molecule has 0 aliphatic carbocycles. The fourth-order valence-corrected chi connectivity index (χ4v) is 3.90. The van der Waals surface area contributed by atoms with Crippen molar-refractivity contribution in [2.75, 3.05) is 19.1 Å². The smallest absolute Gasteiger partial charge is 0.263 e. The van der Waals surface area contributed by atoms with Gasteiger partial charge in [-0.05, 0) is 66.8 Å². The predicted octanol–water partition coefficient (Wildman–Crippen LogP) is 5.52. The lowest BCUT2D eigenvalue weighted by Gasteiger charge is -2.28. The Balaban J connectivity index is 1.85. The third-order valence-electron chi connectivity index (χ3n) is 6.08. The summed E-state index contributed by atoms with van der Waals surface area (Å²) in [5, 5.41) is 4.52. The molecule has 0 aliphatic heterocycles. The molecule has 6 nitrogen and oxygen atoms in total. The molecule has 3 aromatic rings. The first-order valence-corrected chi connectivity index (χ1v) is 12.3.